The van der Waals surface area contributed by atoms with E-state index >= 15 is 0 Å². The Morgan fingerprint density at radius 1 is 0.870 bits per heavy atom. The second-order valence-corrected chi connectivity index (χ2v) is 6.20. The van der Waals surface area contributed by atoms with Crippen LogP contribution in [0.3, 0.4) is 0 Å². The Bertz CT molecular complexity index is 551. The summed E-state index contributed by atoms with van der Waals surface area (Å²) < 4.78 is 0. The van der Waals surface area contributed by atoms with Crippen molar-refractivity contribution in [3.8, 4) is 0 Å². The molecule has 0 aliphatic heterocycles. The summed E-state index contributed by atoms with van der Waals surface area (Å²) in [4.78, 5) is 2.24. The van der Waals surface area contributed by atoms with Crippen LogP contribution in [0, 0.1) is 5.92 Å². The maximum Gasteiger partial charge on any atom is 1.00 e. The fraction of sp³-hybridized carbons (Fsp3) is 0.381. The molecule has 118 valence electrons. The molecule has 23 heavy (non-hydrogen) atoms. The van der Waals surface area contributed by atoms with E-state index in [1.807, 2.05) is 0 Å². The van der Waals surface area contributed by atoms with Gasteiger partial charge >= 0.3 is 18.9 Å². The van der Waals surface area contributed by atoms with Gasteiger partial charge in [0.1, 0.15) is 0 Å². The summed E-state index contributed by atoms with van der Waals surface area (Å²) in [5.74, 6) is 1.49. The van der Waals surface area contributed by atoms with Gasteiger partial charge in [0, 0.05) is 0 Å². The van der Waals surface area contributed by atoms with Crippen LogP contribution in [0.1, 0.15) is 49.3 Å². The predicted molar refractivity (Wildman–Crippen MR) is 95.9 cm³/mol. The number of hydrogen-bond acceptors (Lipinski definition) is 1. The quantitative estimate of drug-likeness (QED) is 0.411. The number of unbranched alkanes of at least 4 members (excludes halogenated alkanes) is 2. The van der Waals surface area contributed by atoms with E-state index in [9.17, 15) is 0 Å². The molecule has 0 spiro atoms. The van der Waals surface area contributed by atoms with Crippen molar-refractivity contribution in [2.75, 3.05) is 14.1 Å². The molecule has 0 unspecified atom stereocenters. The van der Waals surface area contributed by atoms with E-state index in [4.69, 9.17) is 0 Å². The van der Waals surface area contributed by atoms with Gasteiger partial charge in [0.25, 0.3) is 0 Å². The zero-order valence-corrected chi connectivity index (χ0v) is 15.2. The molecule has 0 atom stereocenters. The molecule has 0 N–H and O–H groups in total. The first kappa shape index (κ1) is 19.9. The van der Waals surface area contributed by atoms with Gasteiger partial charge in [-0.05, 0) is 20.6 Å². The third-order valence-electron chi connectivity index (χ3n) is 3.98. The van der Waals surface area contributed by atoms with Crippen molar-refractivity contribution in [3.63, 3.8) is 0 Å². The molecule has 0 fully saturated rings. The molecule has 0 bridgehead atoms. The second kappa shape index (κ2) is 10.6. The third kappa shape index (κ3) is 6.11. The minimum absolute atomic E-state index is 0. The average molecular weight is 301 g/mol. The SMILES string of the molecule is CCCCC[C-](c1ccccc1)c1ccccc1CN(C)C.[Li+]. The monoisotopic (exact) mass is 301 g/mol. The maximum absolute atomic E-state index is 2.28. The number of hydrogen-bond donors (Lipinski definition) is 0. The van der Waals surface area contributed by atoms with E-state index in [0.29, 0.717) is 0 Å². The van der Waals surface area contributed by atoms with Crippen molar-refractivity contribution in [3.05, 3.63) is 77.2 Å². The fourth-order valence-corrected chi connectivity index (χ4v) is 2.92. The van der Waals surface area contributed by atoms with Gasteiger partial charge in [-0.1, -0.05) is 74.6 Å². The van der Waals surface area contributed by atoms with Gasteiger partial charge in [0.15, 0.2) is 0 Å². The Labute approximate surface area is 154 Å². The smallest absolute Gasteiger partial charge is 0.312 e. The molecule has 1 nitrogen and oxygen atoms in total. The molecule has 2 rings (SSSR count). The van der Waals surface area contributed by atoms with Crippen LogP contribution in [0.2, 0.25) is 0 Å². The zero-order chi connectivity index (χ0) is 15.8. The normalized spacial score (nSPS) is 10.4. The molecule has 0 aliphatic carbocycles. The van der Waals surface area contributed by atoms with Crippen molar-refractivity contribution in [2.24, 2.45) is 0 Å². The van der Waals surface area contributed by atoms with E-state index in [0.717, 1.165) is 13.0 Å². The molecule has 0 heterocycles. The van der Waals surface area contributed by atoms with E-state index < -0.39 is 0 Å². The molecular weight excluding hydrogens is 273 g/mol. The second-order valence-electron chi connectivity index (χ2n) is 6.20. The van der Waals surface area contributed by atoms with Crippen molar-refractivity contribution >= 4 is 0 Å². The average Bonchev–Trinajstić information content (AvgIpc) is 2.53. The minimum atomic E-state index is 0. The molecule has 0 aromatic heterocycles. The molecule has 0 aliphatic rings. The topological polar surface area (TPSA) is 3.24 Å². The van der Waals surface area contributed by atoms with Crippen molar-refractivity contribution < 1.29 is 18.9 Å². The predicted octanol–water partition coefficient (Wildman–Crippen LogP) is 2.30. The first-order valence-corrected chi connectivity index (χ1v) is 8.36. The van der Waals surface area contributed by atoms with Crippen molar-refractivity contribution in [1.29, 1.82) is 0 Å². The number of benzene rings is 2. The van der Waals surface area contributed by atoms with Crippen LogP contribution >= 0.6 is 0 Å². The molecule has 0 amide bonds. The summed E-state index contributed by atoms with van der Waals surface area (Å²) in [6.07, 6.45) is 4.98. The van der Waals surface area contributed by atoms with Gasteiger partial charge in [0.2, 0.25) is 0 Å². The van der Waals surface area contributed by atoms with Crippen LogP contribution in [-0.4, -0.2) is 19.0 Å². The molecule has 2 aromatic carbocycles. The van der Waals surface area contributed by atoms with Gasteiger partial charge in [0.05, 0.1) is 0 Å². The summed E-state index contributed by atoms with van der Waals surface area (Å²) in [6.45, 7) is 3.25. The van der Waals surface area contributed by atoms with Crippen LogP contribution < -0.4 is 18.9 Å². The molecule has 0 saturated carbocycles. The minimum Gasteiger partial charge on any atom is -0.312 e. The summed E-state index contributed by atoms with van der Waals surface area (Å²) in [5.41, 5.74) is 4.20. The van der Waals surface area contributed by atoms with Crippen LogP contribution in [0.25, 0.3) is 0 Å². The molecule has 2 heteroatoms. The standard InChI is InChI=1S/C21H28N.Li/c1-4-5-7-15-20(18-12-8-6-9-13-18)21-16-11-10-14-19(21)17-22(2)3;/h6,8-14,16H,4-5,7,15,17H2,1-3H3;/q-1;+1. The van der Waals surface area contributed by atoms with Crippen LogP contribution in [0.15, 0.2) is 54.6 Å². The van der Waals surface area contributed by atoms with E-state index in [1.165, 1.54) is 41.9 Å². The first-order chi connectivity index (χ1) is 10.7. The molecule has 0 saturated heterocycles. The number of nitrogens with zero attached hydrogens (tertiary/aromatic N) is 1. The summed E-state index contributed by atoms with van der Waals surface area (Å²) in [5, 5.41) is 0. The largest absolute Gasteiger partial charge is 1.00 e. The van der Waals surface area contributed by atoms with Gasteiger partial charge < -0.3 is 4.90 Å². The Hall–Kier alpha value is -1.13. The Balaban J connectivity index is 0.00000264. The van der Waals surface area contributed by atoms with Gasteiger partial charge in [-0.2, -0.15) is 0 Å². The fourth-order valence-electron chi connectivity index (χ4n) is 2.92. The Morgan fingerprint density at radius 2 is 1.52 bits per heavy atom. The van der Waals surface area contributed by atoms with Crippen LogP contribution in [0.4, 0.5) is 0 Å². The van der Waals surface area contributed by atoms with Crippen LogP contribution in [0.5, 0.6) is 0 Å². The van der Waals surface area contributed by atoms with E-state index in [1.54, 1.807) is 0 Å². The first-order valence-electron chi connectivity index (χ1n) is 8.36. The van der Waals surface area contributed by atoms with Crippen molar-refractivity contribution in [1.82, 2.24) is 4.90 Å². The van der Waals surface area contributed by atoms with Crippen LogP contribution in [-0.2, 0) is 6.54 Å². The molecule has 2 aromatic rings. The summed E-state index contributed by atoms with van der Waals surface area (Å²) in [6, 6.07) is 19.7. The summed E-state index contributed by atoms with van der Waals surface area (Å²) in [7, 11) is 4.27. The molecular formula is C21H28LiN. The zero-order valence-electron chi connectivity index (χ0n) is 15.2. The Kier molecular flexibility index (Phi) is 9.18. The molecule has 0 radical (unpaired) electrons. The third-order valence-corrected chi connectivity index (χ3v) is 3.98. The summed E-state index contributed by atoms with van der Waals surface area (Å²) >= 11 is 0. The Morgan fingerprint density at radius 3 is 2.17 bits per heavy atom. The van der Waals surface area contributed by atoms with E-state index in [-0.39, 0.29) is 18.9 Å². The van der Waals surface area contributed by atoms with Crippen molar-refractivity contribution in [2.45, 2.75) is 39.2 Å². The maximum atomic E-state index is 2.28. The van der Waals surface area contributed by atoms with Gasteiger partial charge in [-0.25, -0.2) is 0 Å². The number of rotatable bonds is 8. The van der Waals surface area contributed by atoms with E-state index in [2.05, 4.69) is 80.5 Å². The van der Waals surface area contributed by atoms with Gasteiger partial charge in [-0.15, -0.1) is 35.2 Å². The van der Waals surface area contributed by atoms with Gasteiger partial charge in [-0.3, -0.25) is 0 Å².